The first kappa shape index (κ1) is 19.5. The molecule has 0 unspecified atom stereocenters. The third kappa shape index (κ3) is 5.60. The highest BCUT2D eigenvalue weighted by atomic mass is 35.5. The first-order valence-electron chi connectivity index (χ1n) is 7.98. The summed E-state index contributed by atoms with van der Waals surface area (Å²) in [4.78, 5) is 35.2. The van der Waals surface area contributed by atoms with Crippen molar-refractivity contribution >= 4 is 40.7 Å². The van der Waals surface area contributed by atoms with Crippen LogP contribution in [0, 0.1) is 13.8 Å². The first-order chi connectivity index (χ1) is 12.2. The lowest BCUT2D eigenvalue weighted by Gasteiger charge is -2.10. The highest BCUT2D eigenvalue weighted by Gasteiger charge is 2.10. The molecule has 2 rings (SSSR count). The topological polar surface area (TPSA) is 87.3 Å². The van der Waals surface area contributed by atoms with Gasteiger partial charge in [-0.05, 0) is 44.2 Å². The van der Waals surface area contributed by atoms with Crippen LogP contribution in [0.25, 0.3) is 0 Å². The van der Waals surface area contributed by atoms with Gasteiger partial charge in [-0.3, -0.25) is 14.4 Å². The lowest BCUT2D eigenvalue weighted by Crippen LogP contribution is -2.32. The van der Waals surface area contributed by atoms with Crippen molar-refractivity contribution in [3.05, 3.63) is 58.1 Å². The first-order valence-corrected chi connectivity index (χ1v) is 8.36. The highest BCUT2D eigenvalue weighted by molar-refractivity contribution is 6.34. The van der Waals surface area contributed by atoms with Crippen molar-refractivity contribution in [1.82, 2.24) is 5.32 Å². The summed E-state index contributed by atoms with van der Waals surface area (Å²) in [6, 6.07) is 10.2. The van der Waals surface area contributed by atoms with Gasteiger partial charge in [-0.15, -0.1) is 0 Å². The van der Waals surface area contributed by atoms with E-state index < -0.39 is 0 Å². The molecule has 136 valence electrons. The number of hydrogen-bond donors (Lipinski definition) is 3. The van der Waals surface area contributed by atoms with Gasteiger partial charge >= 0.3 is 0 Å². The molecule has 0 aliphatic heterocycles. The van der Waals surface area contributed by atoms with Crippen molar-refractivity contribution in [2.75, 3.05) is 17.2 Å². The van der Waals surface area contributed by atoms with E-state index in [0.717, 1.165) is 11.1 Å². The number of aryl methyl sites for hydroxylation is 2. The maximum absolute atomic E-state index is 12.2. The van der Waals surface area contributed by atoms with Crippen molar-refractivity contribution in [3.8, 4) is 0 Å². The van der Waals surface area contributed by atoms with Crippen LogP contribution in [-0.4, -0.2) is 24.3 Å². The lowest BCUT2D eigenvalue weighted by atomic mass is 10.1. The summed E-state index contributed by atoms with van der Waals surface area (Å²) in [5.74, 6) is -0.935. The van der Waals surface area contributed by atoms with E-state index in [4.69, 9.17) is 11.6 Å². The van der Waals surface area contributed by atoms with Crippen molar-refractivity contribution in [2.45, 2.75) is 20.8 Å². The van der Waals surface area contributed by atoms with Gasteiger partial charge in [-0.1, -0.05) is 28.8 Å². The second kappa shape index (κ2) is 8.49. The van der Waals surface area contributed by atoms with Gasteiger partial charge in [0.15, 0.2) is 0 Å². The van der Waals surface area contributed by atoms with Crippen LogP contribution in [0.3, 0.4) is 0 Å². The average Bonchev–Trinajstić information content (AvgIpc) is 2.54. The number of benzene rings is 2. The highest BCUT2D eigenvalue weighted by Crippen LogP contribution is 2.25. The third-order valence-corrected chi connectivity index (χ3v) is 3.77. The van der Waals surface area contributed by atoms with Crippen LogP contribution in [0.1, 0.15) is 28.4 Å². The largest absolute Gasteiger partial charge is 0.343 e. The molecule has 26 heavy (non-hydrogen) atoms. The SMILES string of the molecule is CC(=O)Nc1ccc(NC(=O)CNC(=O)c2cc(C)cc(C)c2)cc1Cl. The molecule has 0 aromatic heterocycles. The molecule has 0 saturated carbocycles. The van der Waals surface area contributed by atoms with E-state index >= 15 is 0 Å². The van der Waals surface area contributed by atoms with E-state index in [2.05, 4.69) is 16.0 Å². The summed E-state index contributed by atoms with van der Waals surface area (Å²) < 4.78 is 0. The van der Waals surface area contributed by atoms with Crippen LogP contribution in [0.15, 0.2) is 36.4 Å². The summed E-state index contributed by atoms with van der Waals surface area (Å²) in [5.41, 5.74) is 3.40. The molecule has 0 radical (unpaired) electrons. The Balaban J connectivity index is 1.93. The summed E-state index contributed by atoms with van der Waals surface area (Å²) in [6.07, 6.45) is 0. The number of amides is 3. The number of carbonyl (C=O) groups is 3. The maximum atomic E-state index is 12.2. The van der Waals surface area contributed by atoms with Crippen LogP contribution in [0.2, 0.25) is 5.02 Å². The van der Waals surface area contributed by atoms with E-state index in [9.17, 15) is 14.4 Å². The zero-order valence-electron chi connectivity index (χ0n) is 14.8. The van der Waals surface area contributed by atoms with E-state index in [1.165, 1.54) is 13.0 Å². The van der Waals surface area contributed by atoms with Crippen LogP contribution < -0.4 is 16.0 Å². The monoisotopic (exact) mass is 373 g/mol. The Kier molecular flexibility index (Phi) is 6.36. The summed E-state index contributed by atoms with van der Waals surface area (Å²) >= 11 is 6.06. The molecule has 7 heteroatoms. The van der Waals surface area contributed by atoms with Gasteiger partial charge < -0.3 is 16.0 Å². The average molecular weight is 374 g/mol. The predicted octanol–water partition coefficient (Wildman–Crippen LogP) is 3.28. The van der Waals surface area contributed by atoms with Crippen LogP contribution >= 0.6 is 11.6 Å². The standard InChI is InChI=1S/C19H20ClN3O3/c1-11-6-12(2)8-14(7-11)19(26)21-10-18(25)23-15-4-5-17(16(20)9-15)22-13(3)24/h4-9H,10H2,1-3H3,(H,21,26)(H,22,24)(H,23,25). The zero-order chi connectivity index (χ0) is 19.3. The number of hydrogen-bond acceptors (Lipinski definition) is 3. The Morgan fingerprint density at radius 3 is 2.19 bits per heavy atom. The molecule has 0 aliphatic rings. The smallest absolute Gasteiger partial charge is 0.251 e. The Labute approximate surface area is 156 Å². The van der Waals surface area contributed by atoms with Crippen molar-refractivity contribution in [3.63, 3.8) is 0 Å². The van der Waals surface area contributed by atoms with Gasteiger partial charge in [-0.25, -0.2) is 0 Å². The molecule has 0 aliphatic carbocycles. The number of anilines is 2. The fraction of sp³-hybridized carbons (Fsp3) is 0.211. The fourth-order valence-electron chi connectivity index (χ4n) is 2.46. The maximum Gasteiger partial charge on any atom is 0.251 e. The number of rotatable bonds is 5. The van der Waals surface area contributed by atoms with Gasteiger partial charge in [0.1, 0.15) is 0 Å². The summed E-state index contributed by atoms with van der Waals surface area (Å²) in [7, 11) is 0. The van der Waals surface area contributed by atoms with Crippen LogP contribution in [-0.2, 0) is 9.59 Å². The molecule has 0 saturated heterocycles. The minimum atomic E-state index is -0.383. The Morgan fingerprint density at radius 1 is 0.962 bits per heavy atom. The quantitative estimate of drug-likeness (QED) is 0.751. The Bertz CT molecular complexity index is 845. The summed E-state index contributed by atoms with van der Waals surface area (Å²) in [5, 5.41) is 8.11. The van der Waals surface area contributed by atoms with Gasteiger partial charge in [0, 0.05) is 18.2 Å². The number of halogens is 1. The fourth-order valence-corrected chi connectivity index (χ4v) is 2.69. The Hall–Kier alpha value is -2.86. The lowest BCUT2D eigenvalue weighted by molar-refractivity contribution is -0.115. The van der Waals surface area contributed by atoms with Gasteiger partial charge in [0.25, 0.3) is 5.91 Å². The molecule has 3 N–H and O–H groups in total. The normalized spacial score (nSPS) is 10.2. The van der Waals surface area contributed by atoms with Crippen molar-refractivity contribution in [2.24, 2.45) is 0 Å². The van der Waals surface area contributed by atoms with Gasteiger partial charge in [0.2, 0.25) is 11.8 Å². The molecule has 2 aromatic rings. The minimum absolute atomic E-state index is 0.170. The second-order valence-corrected chi connectivity index (χ2v) is 6.39. The van der Waals surface area contributed by atoms with Crippen molar-refractivity contribution in [1.29, 1.82) is 0 Å². The minimum Gasteiger partial charge on any atom is -0.343 e. The summed E-state index contributed by atoms with van der Waals surface area (Å²) in [6.45, 7) is 5.02. The number of carbonyl (C=O) groups excluding carboxylic acids is 3. The molecule has 2 aromatic carbocycles. The number of nitrogens with one attached hydrogen (secondary N) is 3. The van der Waals surface area contributed by atoms with Crippen molar-refractivity contribution < 1.29 is 14.4 Å². The van der Waals surface area contributed by atoms with Gasteiger partial charge in [0.05, 0.1) is 17.3 Å². The van der Waals surface area contributed by atoms with E-state index in [1.54, 1.807) is 24.3 Å². The zero-order valence-corrected chi connectivity index (χ0v) is 15.5. The van der Waals surface area contributed by atoms with Gasteiger partial charge in [-0.2, -0.15) is 0 Å². The van der Waals surface area contributed by atoms with Crippen LogP contribution in [0.5, 0.6) is 0 Å². The molecule has 3 amide bonds. The molecular weight excluding hydrogens is 354 g/mol. The molecule has 6 nitrogen and oxygen atoms in total. The molecule has 0 bridgehead atoms. The molecular formula is C19H20ClN3O3. The van der Waals surface area contributed by atoms with E-state index in [1.807, 2.05) is 19.9 Å². The van der Waals surface area contributed by atoms with E-state index in [-0.39, 0.29) is 24.3 Å². The Morgan fingerprint density at radius 2 is 1.62 bits per heavy atom. The third-order valence-electron chi connectivity index (χ3n) is 3.46. The molecule has 0 fully saturated rings. The molecule has 0 atom stereocenters. The molecule has 0 heterocycles. The second-order valence-electron chi connectivity index (χ2n) is 5.98. The van der Waals surface area contributed by atoms with E-state index in [0.29, 0.717) is 22.0 Å². The predicted molar refractivity (Wildman–Crippen MR) is 103 cm³/mol. The molecule has 0 spiro atoms. The van der Waals surface area contributed by atoms with Crippen LogP contribution in [0.4, 0.5) is 11.4 Å².